The van der Waals surface area contributed by atoms with Crippen LogP contribution in [0.5, 0.6) is 0 Å². The molecule has 0 aliphatic heterocycles. The van der Waals surface area contributed by atoms with Gasteiger partial charge in [-0.05, 0) is 38.7 Å². The summed E-state index contributed by atoms with van der Waals surface area (Å²) in [7, 11) is 0. The van der Waals surface area contributed by atoms with Crippen LogP contribution in [0.4, 0.5) is 8.78 Å². The molecule has 118 valence electrons. The van der Waals surface area contributed by atoms with Crippen LogP contribution in [0.1, 0.15) is 38.3 Å². The molecule has 22 heavy (non-hydrogen) atoms. The van der Waals surface area contributed by atoms with E-state index in [0.717, 1.165) is 18.9 Å². The van der Waals surface area contributed by atoms with Crippen molar-refractivity contribution in [2.75, 3.05) is 6.54 Å². The maximum atomic E-state index is 13.6. The molecule has 2 N–H and O–H groups in total. The summed E-state index contributed by atoms with van der Waals surface area (Å²) >= 11 is 0. The van der Waals surface area contributed by atoms with Gasteiger partial charge >= 0.3 is 0 Å². The second kappa shape index (κ2) is 6.41. The van der Waals surface area contributed by atoms with Gasteiger partial charge in [-0.1, -0.05) is 6.07 Å². The highest BCUT2D eigenvalue weighted by molar-refractivity contribution is 5.79. The number of nitriles is 1. The fourth-order valence-electron chi connectivity index (χ4n) is 2.42. The Morgan fingerprint density at radius 1 is 1.50 bits per heavy atom. The van der Waals surface area contributed by atoms with Gasteiger partial charge in [-0.25, -0.2) is 8.78 Å². The van der Waals surface area contributed by atoms with Crippen molar-refractivity contribution < 1.29 is 13.6 Å². The fourth-order valence-corrected chi connectivity index (χ4v) is 2.42. The molecule has 2 atom stereocenters. The van der Waals surface area contributed by atoms with E-state index in [4.69, 9.17) is 0 Å². The maximum absolute atomic E-state index is 13.6. The average molecular weight is 307 g/mol. The third-order valence-electron chi connectivity index (χ3n) is 4.02. The minimum absolute atomic E-state index is 0.0397. The van der Waals surface area contributed by atoms with Crippen molar-refractivity contribution in [2.45, 2.75) is 38.3 Å². The summed E-state index contributed by atoms with van der Waals surface area (Å²) in [4.78, 5) is 11.9. The summed E-state index contributed by atoms with van der Waals surface area (Å²) in [5.41, 5.74) is -0.553. The number of carbonyl (C=O) groups excluding carboxylic acids is 1. The first-order valence-electron chi connectivity index (χ1n) is 7.26. The zero-order valence-electron chi connectivity index (χ0n) is 12.6. The van der Waals surface area contributed by atoms with Crippen molar-refractivity contribution >= 4 is 5.91 Å². The molecule has 6 heteroatoms. The van der Waals surface area contributed by atoms with Gasteiger partial charge in [0.15, 0.2) is 0 Å². The molecule has 0 heterocycles. The first-order valence-corrected chi connectivity index (χ1v) is 7.26. The van der Waals surface area contributed by atoms with Crippen LogP contribution in [0.25, 0.3) is 0 Å². The largest absolute Gasteiger partial charge is 0.337 e. The summed E-state index contributed by atoms with van der Waals surface area (Å²) in [6.07, 6.45) is 1.88. The standard InChI is InChI=1S/C16H19F2N3O/c1-10(13-6-5-12(17)7-14(13)18)20-8-15(22)21-16(2,9-19)11-3-4-11/h5-7,10-11,20H,3-4,8H2,1-2H3,(H,21,22)/t10-,16+/m0/s1. The first-order chi connectivity index (χ1) is 10.4. The van der Waals surface area contributed by atoms with E-state index in [-0.39, 0.29) is 18.4 Å². The van der Waals surface area contributed by atoms with Crippen molar-refractivity contribution in [3.05, 3.63) is 35.4 Å². The van der Waals surface area contributed by atoms with Gasteiger partial charge in [0.25, 0.3) is 0 Å². The van der Waals surface area contributed by atoms with Crippen molar-refractivity contribution in [3.8, 4) is 6.07 Å². The third kappa shape index (κ3) is 3.80. The lowest BCUT2D eigenvalue weighted by Gasteiger charge is -2.23. The molecule has 2 rings (SSSR count). The van der Waals surface area contributed by atoms with Crippen molar-refractivity contribution in [1.29, 1.82) is 5.26 Å². The van der Waals surface area contributed by atoms with Gasteiger partial charge in [0.2, 0.25) is 5.91 Å². The van der Waals surface area contributed by atoms with Crippen LogP contribution < -0.4 is 10.6 Å². The molecule has 1 aliphatic carbocycles. The Labute approximate surface area is 128 Å². The second-order valence-corrected chi connectivity index (χ2v) is 5.91. The molecule has 0 unspecified atom stereocenters. The Hall–Kier alpha value is -2.00. The number of benzene rings is 1. The highest BCUT2D eigenvalue weighted by Crippen LogP contribution is 2.39. The molecule has 0 aromatic heterocycles. The quantitative estimate of drug-likeness (QED) is 0.848. The average Bonchev–Trinajstić information content (AvgIpc) is 3.29. The molecule has 1 aromatic rings. The molecule has 1 saturated carbocycles. The van der Waals surface area contributed by atoms with Crippen LogP contribution in [0.15, 0.2) is 18.2 Å². The number of carbonyl (C=O) groups is 1. The van der Waals surface area contributed by atoms with Crippen molar-refractivity contribution in [2.24, 2.45) is 5.92 Å². The maximum Gasteiger partial charge on any atom is 0.235 e. The number of nitrogens with zero attached hydrogens (tertiary/aromatic N) is 1. The van der Waals surface area contributed by atoms with Crippen LogP contribution >= 0.6 is 0 Å². The molecule has 0 radical (unpaired) electrons. The van der Waals surface area contributed by atoms with E-state index in [9.17, 15) is 18.8 Å². The monoisotopic (exact) mass is 307 g/mol. The van der Waals surface area contributed by atoms with Crippen LogP contribution in [-0.4, -0.2) is 18.0 Å². The summed E-state index contributed by atoms with van der Waals surface area (Å²) in [5, 5.41) is 14.8. The van der Waals surface area contributed by atoms with Crippen molar-refractivity contribution in [3.63, 3.8) is 0 Å². The summed E-state index contributed by atoms with van der Waals surface area (Å²) in [5.74, 6) is -1.40. The van der Waals surface area contributed by atoms with E-state index in [1.165, 1.54) is 12.1 Å². The minimum atomic E-state index is -0.844. The molecular weight excluding hydrogens is 288 g/mol. The minimum Gasteiger partial charge on any atom is -0.337 e. The highest BCUT2D eigenvalue weighted by atomic mass is 19.1. The highest BCUT2D eigenvalue weighted by Gasteiger charge is 2.42. The van der Waals surface area contributed by atoms with Gasteiger partial charge in [-0.3, -0.25) is 4.79 Å². The molecule has 1 aliphatic rings. The number of rotatable bonds is 6. The topological polar surface area (TPSA) is 64.9 Å². The fraction of sp³-hybridized carbons (Fsp3) is 0.500. The molecule has 1 aromatic carbocycles. The van der Waals surface area contributed by atoms with Crippen LogP contribution in [0.2, 0.25) is 0 Å². The van der Waals surface area contributed by atoms with Crippen LogP contribution in [0, 0.1) is 28.9 Å². The number of nitrogens with one attached hydrogen (secondary N) is 2. The predicted octanol–water partition coefficient (Wildman–Crippen LogP) is 2.42. The van der Waals surface area contributed by atoms with E-state index in [0.29, 0.717) is 5.56 Å². The van der Waals surface area contributed by atoms with E-state index in [1.54, 1.807) is 13.8 Å². The van der Waals surface area contributed by atoms with E-state index in [2.05, 4.69) is 16.7 Å². The van der Waals surface area contributed by atoms with Gasteiger partial charge in [0.1, 0.15) is 17.2 Å². The first kappa shape index (κ1) is 16.4. The Morgan fingerprint density at radius 3 is 2.73 bits per heavy atom. The Morgan fingerprint density at radius 2 is 2.18 bits per heavy atom. The molecule has 1 amide bonds. The van der Waals surface area contributed by atoms with Gasteiger partial charge in [-0.2, -0.15) is 5.26 Å². The summed E-state index contributed by atoms with van der Waals surface area (Å²) in [6, 6.07) is 5.04. The van der Waals surface area contributed by atoms with Gasteiger partial charge in [0.05, 0.1) is 12.6 Å². The van der Waals surface area contributed by atoms with Gasteiger partial charge < -0.3 is 10.6 Å². The summed E-state index contributed by atoms with van der Waals surface area (Å²) < 4.78 is 26.5. The lowest BCUT2D eigenvalue weighted by atomic mass is 9.98. The van der Waals surface area contributed by atoms with Gasteiger partial charge in [-0.15, -0.1) is 0 Å². The normalized spacial score (nSPS) is 18.1. The lowest BCUT2D eigenvalue weighted by Crippen LogP contribution is -2.49. The molecule has 4 nitrogen and oxygen atoms in total. The summed E-state index contributed by atoms with van der Waals surface area (Å²) in [6.45, 7) is 3.36. The van der Waals surface area contributed by atoms with Crippen LogP contribution in [-0.2, 0) is 4.79 Å². The molecule has 0 bridgehead atoms. The second-order valence-electron chi connectivity index (χ2n) is 5.91. The Balaban J connectivity index is 1.89. The number of halogens is 2. The molecule has 0 spiro atoms. The molecule has 1 fully saturated rings. The van der Waals surface area contributed by atoms with Gasteiger partial charge in [0, 0.05) is 17.7 Å². The smallest absolute Gasteiger partial charge is 0.235 e. The lowest BCUT2D eigenvalue weighted by molar-refractivity contribution is -0.121. The SMILES string of the molecule is C[C@H](NCC(=O)N[C@](C)(C#N)C1CC1)c1ccc(F)cc1F. The third-order valence-corrected chi connectivity index (χ3v) is 4.02. The Bertz CT molecular complexity index is 610. The number of amides is 1. The van der Waals surface area contributed by atoms with E-state index in [1.807, 2.05) is 0 Å². The number of hydrogen-bond acceptors (Lipinski definition) is 3. The van der Waals surface area contributed by atoms with Crippen molar-refractivity contribution in [1.82, 2.24) is 10.6 Å². The molecule has 0 saturated heterocycles. The Kier molecular flexibility index (Phi) is 4.77. The predicted molar refractivity (Wildman–Crippen MR) is 77.7 cm³/mol. The zero-order valence-corrected chi connectivity index (χ0v) is 12.6. The van der Waals surface area contributed by atoms with E-state index >= 15 is 0 Å². The van der Waals surface area contributed by atoms with E-state index < -0.39 is 23.2 Å². The molecular formula is C16H19F2N3O. The number of hydrogen-bond donors (Lipinski definition) is 2. The zero-order chi connectivity index (χ0) is 16.3. The van der Waals surface area contributed by atoms with Crippen LogP contribution in [0.3, 0.4) is 0 Å².